The van der Waals surface area contributed by atoms with Gasteiger partial charge in [-0.25, -0.2) is 4.98 Å². The number of aromatic nitrogens is 3. The molecule has 0 radical (unpaired) electrons. The minimum absolute atomic E-state index is 0.392. The van der Waals surface area contributed by atoms with Crippen LogP contribution >= 0.6 is 0 Å². The van der Waals surface area contributed by atoms with Crippen LogP contribution in [0.2, 0.25) is 0 Å². The molecule has 3 rings (SSSR count). The lowest BCUT2D eigenvalue weighted by Crippen LogP contribution is -2.41. The van der Waals surface area contributed by atoms with E-state index in [4.69, 9.17) is 0 Å². The number of nitrogens with zero attached hydrogens (tertiary/aromatic N) is 5. The number of hydrogen-bond acceptors (Lipinski definition) is 6. The van der Waals surface area contributed by atoms with Crippen LogP contribution in [0.15, 0.2) is 36.8 Å². The van der Waals surface area contributed by atoms with Gasteiger partial charge < -0.3 is 10.2 Å². The fraction of sp³-hybridized carbons (Fsp3) is 0.471. The summed E-state index contributed by atoms with van der Waals surface area (Å²) in [6.07, 6.45) is 7.87. The first-order chi connectivity index (χ1) is 11.2. The maximum absolute atomic E-state index is 4.55. The molecule has 2 aromatic rings. The van der Waals surface area contributed by atoms with Crippen LogP contribution in [0.3, 0.4) is 0 Å². The largest absolute Gasteiger partial charge is 0.363 e. The Morgan fingerprint density at radius 1 is 1.22 bits per heavy atom. The van der Waals surface area contributed by atoms with Crippen LogP contribution in [0.4, 0.5) is 11.8 Å². The van der Waals surface area contributed by atoms with Crippen LogP contribution in [-0.2, 0) is 6.54 Å². The van der Waals surface area contributed by atoms with Crippen molar-refractivity contribution in [3.8, 4) is 0 Å². The van der Waals surface area contributed by atoms with Gasteiger partial charge in [-0.3, -0.25) is 9.88 Å². The fourth-order valence-corrected chi connectivity index (χ4v) is 2.91. The smallest absolute Gasteiger partial charge is 0.224 e. The molecule has 1 N–H and O–H groups in total. The molecule has 2 aromatic heterocycles. The monoisotopic (exact) mass is 312 g/mol. The molecule has 1 aliphatic heterocycles. The van der Waals surface area contributed by atoms with Gasteiger partial charge in [0.25, 0.3) is 0 Å². The van der Waals surface area contributed by atoms with Gasteiger partial charge in [0.1, 0.15) is 5.82 Å². The third kappa shape index (κ3) is 4.39. The van der Waals surface area contributed by atoms with Crippen molar-refractivity contribution in [3.63, 3.8) is 0 Å². The van der Waals surface area contributed by atoms with E-state index < -0.39 is 0 Å². The highest BCUT2D eigenvalue weighted by Crippen LogP contribution is 2.17. The van der Waals surface area contributed by atoms with Crippen molar-refractivity contribution < 1.29 is 0 Å². The Kier molecular flexibility index (Phi) is 5.02. The van der Waals surface area contributed by atoms with Crippen molar-refractivity contribution >= 4 is 11.8 Å². The van der Waals surface area contributed by atoms with E-state index in [9.17, 15) is 0 Å². The van der Waals surface area contributed by atoms with Gasteiger partial charge in [0, 0.05) is 51.8 Å². The minimum atomic E-state index is 0.392. The van der Waals surface area contributed by atoms with Gasteiger partial charge in [-0.2, -0.15) is 4.98 Å². The molecule has 0 bridgehead atoms. The second kappa shape index (κ2) is 7.37. The van der Waals surface area contributed by atoms with E-state index in [0.717, 1.165) is 31.9 Å². The number of piperidine rings is 1. The van der Waals surface area contributed by atoms with Gasteiger partial charge >= 0.3 is 0 Å². The van der Waals surface area contributed by atoms with Crippen molar-refractivity contribution in [2.24, 2.45) is 0 Å². The van der Waals surface area contributed by atoms with Gasteiger partial charge in [0.05, 0.1) is 0 Å². The maximum atomic E-state index is 4.55. The van der Waals surface area contributed by atoms with Gasteiger partial charge in [-0.1, -0.05) is 0 Å². The number of likely N-dealkylation sites (tertiary alicyclic amines) is 1. The van der Waals surface area contributed by atoms with Crippen molar-refractivity contribution in [2.45, 2.75) is 25.4 Å². The molecule has 23 heavy (non-hydrogen) atoms. The maximum Gasteiger partial charge on any atom is 0.224 e. The average Bonchev–Trinajstić information content (AvgIpc) is 2.56. The van der Waals surface area contributed by atoms with Gasteiger partial charge in [0.15, 0.2) is 0 Å². The van der Waals surface area contributed by atoms with Crippen LogP contribution in [-0.4, -0.2) is 53.1 Å². The second-order valence-electron chi connectivity index (χ2n) is 6.21. The summed E-state index contributed by atoms with van der Waals surface area (Å²) < 4.78 is 0. The molecule has 1 fully saturated rings. The van der Waals surface area contributed by atoms with Crippen molar-refractivity contribution in [1.82, 2.24) is 19.9 Å². The highest BCUT2D eigenvalue weighted by molar-refractivity contribution is 5.41. The van der Waals surface area contributed by atoms with Crippen molar-refractivity contribution in [1.29, 1.82) is 0 Å². The Hall–Kier alpha value is -2.21. The standard InChI is InChI=1S/C17H24N6/c1-22(2)16-7-10-19-17(21-16)20-15-4-3-11-23(13-15)12-14-5-8-18-9-6-14/h5-10,15H,3-4,11-13H2,1-2H3,(H,19,20,21). The Bertz CT molecular complexity index is 615. The molecule has 6 nitrogen and oxygen atoms in total. The summed E-state index contributed by atoms with van der Waals surface area (Å²) in [7, 11) is 3.98. The first-order valence-corrected chi connectivity index (χ1v) is 8.09. The van der Waals surface area contributed by atoms with Crippen LogP contribution in [0.5, 0.6) is 0 Å². The molecule has 1 saturated heterocycles. The zero-order valence-electron chi connectivity index (χ0n) is 13.8. The van der Waals surface area contributed by atoms with E-state index in [-0.39, 0.29) is 0 Å². The van der Waals surface area contributed by atoms with E-state index in [0.29, 0.717) is 12.0 Å². The van der Waals surface area contributed by atoms with Crippen molar-refractivity contribution in [2.75, 3.05) is 37.4 Å². The summed E-state index contributed by atoms with van der Waals surface area (Å²) in [4.78, 5) is 17.4. The summed E-state index contributed by atoms with van der Waals surface area (Å²) >= 11 is 0. The minimum Gasteiger partial charge on any atom is -0.363 e. The third-order valence-electron chi connectivity index (χ3n) is 4.09. The predicted molar refractivity (Wildman–Crippen MR) is 92.5 cm³/mol. The SMILES string of the molecule is CN(C)c1ccnc(NC2CCCN(Cc3ccncc3)C2)n1. The lowest BCUT2D eigenvalue weighted by Gasteiger charge is -2.33. The number of pyridine rings is 1. The molecule has 122 valence electrons. The molecule has 0 spiro atoms. The van der Waals surface area contributed by atoms with Gasteiger partial charge in [-0.15, -0.1) is 0 Å². The summed E-state index contributed by atoms with van der Waals surface area (Å²) in [6.45, 7) is 3.12. The average molecular weight is 312 g/mol. The lowest BCUT2D eigenvalue weighted by molar-refractivity contribution is 0.208. The first-order valence-electron chi connectivity index (χ1n) is 8.09. The highest BCUT2D eigenvalue weighted by atomic mass is 15.2. The third-order valence-corrected chi connectivity index (χ3v) is 4.09. The highest BCUT2D eigenvalue weighted by Gasteiger charge is 2.20. The normalized spacial score (nSPS) is 18.6. The zero-order chi connectivity index (χ0) is 16.1. The molecule has 1 atom stereocenters. The molecule has 0 aliphatic carbocycles. The summed E-state index contributed by atoms with van der Waals surface area (Å²) in [6, 6.07) is 6.48. The van der Waals surface area contributed by atoms with E-state index in [2.05, 4.69) is 37.3 Å². The number of hydrogen-bond donors (Lipinski definition) is 1. The Morgan fingerprint density at radius 2 is 2.04 bits per heavy atom. The van der Waals surface area contributed by atoms with E-state index in [1.165, 1.54) is 12.0 Å². The first kappa shape index (κ1) is 15.7. The summed E-state index contributed by atoms with van der Waals surface area (Å²) in [5, 5.41) is 3.49. The number of nitrogens with one attached hydrogen (secondary N) is 1. The number of rotatable bonds is 5. The predicted octanol–water partition coefficient (Wildman–Crippen LogP) is 2.01. The van der Waals surface area contributed by atoms with Crippen LogP contribution in [0, 0.1) is 0 Å². The Morgan fingerprint density at radius 3 is 2.83 bits per heavy atom. The summed E-state index contributed by atoms with van der Waals surface area (Å²) in [5.41, 5.74) is 1.31. The van der Waals surface area contributed by atoms with Crippen LogP contribution in [0.1, 0.15) is 18.4 Å². The Labute approximate surface area is 137 Å². The molecular weight excluding hydrogens is 288 g/mol. The zero-order valence-corrected chi connectivity index (χ0v) is 13.8. The topological polar surface area (TPSA) is 57.2 Å². The molecule has 0 aromatic carbocycles. The molecule has 1 aliphatic rings. The Balaban J connectivity index is 1.59. The van der Waals surface area contributed by atoms with E-state index in [1.807, 2.05) is 43.7 Å². The van der Waals surface area contributed by atoms with Crippen LogP contribution < -0.4 is 10.2 Å². The van der Waals surface area contributed by atoms with Crippen LogP contribution in [0.25, 0.3) is 0 Å². The molecule has 0 amide bonds. The molecular formula is C17H24N6. The van der Waals surface area contributed by atoms with E-state index >= 15 is 0 Å². The molecule has 0 saturated carbocycles. The molecule has 3 heterocycles. The second-order valence-corrected chi connectivity index (χ2v) is 6.21. The van der Waals surface area contributed by atoms with E-state index in [1.54, 1.807) is 0 Å². The van der Waals surface area contributed by atoms with Gasteiger partial charge in [0.2, 0.25) is 5.95 Å². The van der Waals surface area contributed by atoms with Gasteiger partial charge in [-0.05, 0) is 43.1 Å². The fourth-order valence-electron chi connectivity index (χ4n) is 2.91. The lowest BCUT2D eigenvalue weighted by atomic mass is 10.1. The molecule has 1 unspecified atom stereocenters. The van der Waals surface area contributed by atoms with Crippen molar-refractivity contribution in [3.05, 3.63) is 42.4 Å². The number of anilines is 2. The summed E-state index contributed by atoms with van der Waals surface area (Å²) in [5.74, 6) is 1.64. The molecule has 6 heteroatoms. The quantitative estimate of drug-likeness (QED) is 0.911.